The van der Waals surface area contributed by atoms with Crippen LogP contribution in [0.2, 0.25) is 0 Å². The van der Waals surface area contributed by atoms with E-state index < -0.39 is 0 Å². The van der Waals surface area contributed by atoms with Crippen LogP contribution in [0, 0.1) is 13.8 Å². The van der Waals surface area contributed by atoms with Gasteiger partial charge in [-0.15, -0.1) is 0 Å². The molecule has 8 heteroatoms. The molecule has 1 aromatic heterocycles. The van der Waals surface area contributed by atoms with Gasteiger partial charge in [0.15, 0.2) is 5.11 Å². The van der Waals surface area contributed by atoms with E-state index in [1.165, 1.54) is 0 Å². The lowest BCUT2D eigenvalue weighted by Crippen LogP contribution is -2.37. The molecule has 138 valence electrons. The summed E-state index contributed by atoms with van der Waals surface area (Å²) in [7, 11) is 0. The standard InChI is InChI=1S/C17H26N4O3S/c1-5-23-16(22)14-10(2)15(19-11(14)3)12(4)20-21-17(25)18-9-13-7-6-8-24-13/h13,19H,5-9H2,1-4H3,(H2,18,21,25)/b20-12+/t13-/m0/s1. The van der Waals surface area contributed by atoms with Gasteiger partial charge in [0.25, 0.3) is 0 Å². The van der Waals surface area contributed by atoms with Crippen LogP contribution in [0.25, 0.3) is 0 Å². The van der Waals surface area contributed by atoms with Gasteiger partial charge in [-0.05, 0) is 58.3 Å². The molecule has 1 aromatic rings. The number of hydrogen-bond donors (Lipinski definition) is 3. The van der Waals surface area contributed by atoms with Crippen LogP contribution in [-0.2, 0) is 9.47 Å². The van der Waals surface area contributed by atoms with Crippen molar-refractivity contribution < 1.29 is 14.3 Å². The third-order valence-electron chi connectivity index (χ3n) is 4.12. The highest BCUT2D eigenvalue weighted by atomic mass is 32.1. The second-order valence-corrected chi connectivity index (χ2v) is 6.41. The minimum Gasteiger partial charge on any atom is -0.462 e. The minimum atomic E-state index is -0.325. The molecule has 3 N–H and O–H groups in total. The first-order valence-electron chi connectivity index (χ1n) is 8.50. The number of ether oxygens (including phenoxy) is 2. The monoisotopic (exact) mass is 366 g/mol. The number of hydrogen-bond acceptors (Lipinski definition) is 5. The summed E-state index contributed by atoms with van der Waals surface area (Å²) in [6, 6.07) is 0. The van der Waals surface area contributed by atoms with Crippen LogP contribution >= 0.6 is 12.2 Å². The molecule has 0 spiro atoms. The number of nitrogens with one attached hydrogen (secondary N) is 3. The number of H-pyrrole nitrogens is 1. The van der Waals surface area contributed by atoms with Crippen molar-refractivity contribution in [3.05, 3.63) is 22.5 Å². The highest BCUT2D eigenvalue weighted by molar-refractivity contribution is 7.80. The molecule has 1 aliphatic heterocycles. The van der Waals surface area contributed by atoms with Gasteiger partial charge in [0.2, 0.25) is 0 Å². The Morgan fingerprint density at radius 1 is 1.48 bits per heavy atom. The van der Waals surface area contributed by atoms with E-state index in [0.717, 1.165) is 36.4 Å². The first-order valence-corrected chi connectivity index (χ1v) is 8.91. The Balaban J connectivity index is 1.98. The molecule has 0 saturated carbocycles. The maximum atomic E-state index is 12.1. The Kier molecular flexibility index (Phi) is 6.95. The summed E-state index contributed by atoms with van der Waals surface area (Å²) in [5.41, 5.74) is 6.47. The van der Waals surface area contributed by atoms with Crippen molar-refractivity contribution in [2.24, 2.45) is 5.10 Å². The average molecular weight is 366 g/mol. The zero-order chi connectivity index (χ0) is 18.4. The molecule has 25 heavy (non-hydrogen) atoms. The molecule has 0 unspecified atom stereocenters. The van der Waals surface area contributed by atoms with Gasteiger partial charge in [-0.3, -0.25) is 5.43 Å². The van der Waals surface area contributed by atoms with Crippen LogP contribution < -0.4 is 10.7 Å². The fourth-order valence-corrected chi connectivity index (χ4v) is 2.99. The number of carbonyl (C=O) groups excluding carboxylic acids is 1. The van der Waals surface area contributed by atoms with E-state index >= 15 is 0 Å². The van der Waals surface area contributed by atoms with Gasteiger partial charge in [-0.2, -0.15) is 5.10 Å². The fourth-order valence-electron chi connectivity index (χ4n) is 2.86. The Morgan fingerprint density at radius 2 is 2.24 bits per heavy atom. The summed E-state index contributed by atoms with van der Waals surface area (Å²) in [5, 5.41) is 7.85. The average Bonchev–Trinajstić information content (AvgIpc) is 3.18. The highest BCUT2D eigenvalue weighted by Crippen LogP contribution is 2.19. The first-order chi connectivity index (χ1) is 11.9. The molecule has 1 fully saturated rings. The van der Waals surface area contributed by atoms with Gasteiger partial charge >= 0.3 is 5.97 Å². The first kappa shape index (κ1) is 19.4. The Morgan fingerprint density at radius 3 is 2.88 bits per heavy atom. The summed E-state index contributed by atoms with van der Waals surface area (Å²) < 4.78 is 10.6. The molecular formula is C17H26N4O3S. The number of aryl methyl sites for hydroxylation is 1. The fraction of sp³-hybridized carbons (Fsp3) is 0.588. The van der Waals surface area contributed by atoms with Crippen molar-refractivity contribution >= 4 is 29.0 Å². The number of hydrazone groups is 1. The summed E-state index contributed by atoms with van der Waals surface area (Å²) >= 11 is 5.23. The van der Waals surface area contributed by atoms with E-state index in [9.17, 15) is 4.79 Å². The molecule has 2 heterocycles. The van der Waals surface area contributed by atoms with Crippen LogP contribution in [-0.4, -0.2) is 47.6 Å². The summed E-state index contributed by atoms with van der Waals surface area (Å²) in [6.45, 7) is 9.19. The smallest absolute Gasteiger partial charge is 0.340 e. The van der Waals surface area contributed by atoms with Gasteiger partial charge in [0.1, 0.15) is 0 Å². The number of carbonyl (C=O) groups is 1. The third-order valence-corrected chi connectivity index (χ3v) is 4.35. The van der Waals surface area contributed by atoms with E-state index in [0.29, 0.717) is 29.5 Å². The lowest BCUT2D eigenvalue weighted by Gasteiger charge is -2.12. The Labute approximate surface area is 153 Å². The number of thiocarbonyl (C=S) groups is 1. The van der Waals surface area contributed by atoms with Gasteiger partial charge in [-0.1, -0.05) is 0 Å². The summed E-state index contributed by atoms with van der Waals surface area (Å²) in [6.07, 6.45) is 2.36. The number of rotatable bonds is 6. The van der Waals surface area contributed by atoms with E-state index in [1.807, 2.05) is 20.8 Å². The zero-order valence-corrected chi connectivity index (χ0v) is 16.0. The molecule has 0 amide bonds. The summed E-state index contributed by atoms with van der Waals surface area (Å²) in [4.78, 5) is 15.3. The van der Waals surface area contributed by atoms with Crippen LogP contribution in [0.1, 0.15) is 54.0 Å². The van der Waals surface area contributed by atoms with Crippen LogP contribution in [0.4, 0.5) is 0 Å². The van der Waals surface area contributed by atoms with Crippen molar-refractivity contribution in [1.29, 1.82) is 0 Å². The highest BCUT2D eigenvalue weighted by Gasteiger charge is 2.20. The van der Waals surface area contributed by atoms with Crippen molar-refractivity contribution in [2.45, 2.75) is 46.6 Å². The summed E-state index contributed by atoms with van der Waals surface area (Å²) in [5.74, 6) is -0.325. The number of nitrogens with zero attached hydrogens (tertiary/aromatic N) is 1. The molecule has 1 saturated heterocycles. The largest absolute Gasteiger partial charge is 0.462 e. The minimum absolute atomic E-state index is 0.213. The molecule has 0 aromatic carbocycles. The second-order valence-electron chi connectivity index (χ2n) is 6.00. The lowest BCUT2D eigenvalue weighted by atomic mass is 10.1. The van der Waals surface area contributed by atoms with Gasteiger partial charge in [0.05, 0.1) is 29.7 Å². The van der Waals surface area contributed by atoms with Gasteiger partial charge < -0.3 is 19.8 Å². The van der Waals surface area contributed by atoms with E-state index in [4.69, 9.17) is 21.7 Å². The molecule has 1 atom stereocenters. The number of aromatic nitrogens is 1. The quantitative estimate of drug-likeness (QED) is 0.310. The zero-order valence-electron chi connectivity index (χ0n) is 15.2. The second kappa shape index (κ2) is 8.96. The number of esters is 1. The maximum absolute atomic E-state index is 12.1. The van der Waals surface area contributed by atoms with Crippen molar-refractivity contribution in [3.63, 3.8) is 0 Å². The molecule has 1 aliphatic rings. The van der Waals surface area contributed by atoms with E-state index in [-0.39, 0.29) is 12.1 Å². The Hall–Kier alpha value is -1.93. The van der Waals surface area contributed by atoms with Crippen molar-refractivity contribution in [1.82, 2.24) is 15.7 Å². The van der Waals surface area contributed by atoms with E-state index in [2.05, 4.69) is 20.8 Å². The topological polar surface area (TPSA) is 87.7 Å². The normalized spacial score (nSPS) is 17.4. The predicted octanol–water partition coefficient (Wildman–Crippen LogP) is 2.18. The third kappa shape index (κ3) is 5.02. The molecular weight excluding hydrogens is 340 g/mol. The Bertz CT molecular complexity index is 663. The van der Waals surface area contributed by atoms with Gasteiger partial charge in [-0.25, -0.2) is 4.79 Å². The molecule has 2 rings (SSSR count). The van der Waals surface area contributed by atoms with Gasteiger partial charge in [0, 0.05) is 18.8 Å². The molecule has 7 nitrogen and oxygen atoms in total. The lowest BCUT2D eigenvalue weighted by molar-refractivity contribution is 0.0525. The SMILES string of the molecule is CCOC(=O)c1c(C)[nH]c(/C(C)=N/NC(=S)NC[C@@H]2CCCO2)c1C. The van der Waals surface area contributed by atoms with Crippen LogP contribution in [0.3, 0.4) is 0 Å². The molecule has 0 bridgehead atoms. The maximum Gasteiger partial charge on any atom is 0.340 e. The molecule has 0 radical (unpaired) electrons. The van der Waals surface area contributed by atoms with Crippen molar-refractivity contribution in [2.75, 3.05) is 19.8 Å². The predicted molar refractivity (Wildman–Crippen MR) is 101 cm³/mol. The number of aromatic amines is 1. The van der Waals surface area contributed by atoms with Crippen molar-refractivity contribution in [3.8, 4) is 0 Å². The van der Waals surface area contributed by atoms with Crippen LogP contribution in [0.15, 0.2) is 5.10 Å². The molecule has 0 aliphatic carbocycles. The van der Waals surface area contributed by atoms with E-state index in [1.54, 1.807) is 6.92 Å². The van der Waals surface area contributed by atoms with Crippen LogP contribution in [0.5, 0.6) is 0 Å².